The number of nitrogens with one attached hydrogen (secondary N) is 1. The van der Waals surface area contributed by atoms with Gasteiger partial charge in [0.2, 0.25) is 0 Å². The van der Waals surface area contributed by atoms with Gasteiger partial charge in [-0.3, -0.25) is 4.79 Å². The van der Waals surface area contributed by atoms with E-state index in [9.17, 15) is 4.79 Å². The van der Waals surface area contributed by atoms with E-state index in [1.807, 2.05) is 62.4 Å². The molecule has 164 valence electrons. The summed E-state index contributed by atoms with van der Waals surface area (Å²) in [5.74, 6) is 1.21. The van der Waals surface area contributed by atoms with Crippen LogP contribution in [-0.2, 0) is 0 Å². The summed E-state index contributed by atoms with van der Waals surface area (Å²) in [7, 11) is 0. The van der Waals surface area contributed by atoms with Gasteiger partial charge in [0, 0.05) is 10.9 Å². The lowest BCUT2D eigenvalue weighted by Crippen LogP contribution is -2.17. The fraction of sp³-hybridized carbons (Fsp3) is 0.231. The number of hydrogen-bond donors (Lipinski definition) is 1. The molecule has 0 radical (unpaired) electrons. The molecule has 0 aliphatic carbocycles. The summed E-state index contributed by atoms with van der Waals surface area (Å²) in [6.45, 7) is 6.59. The van der Waals surface area contributed by atoms with Crippen molar-refractivity contribution in [3.05, 3.63) is 72.0 Å². The molecule has 32 heavy (non-hydrogen) atoms. The number of carbonyl (C=O) groups excluding carboxylic acids is 1. The zero-order valence-corrected chi connectivity index (χ0v) is 18.4. The summed E-state index contributed by atoms with van der Waals surface area (Å²) in [5.41, 5.74) is 3.98. The van der Waals surface area contributed by atoms with E-state index >= 15 is 0 Å². The van der Waals surface area contributed by atoms with Crippen LogP contribution in [0.5, 0.6) is 11.5 Å². The zero-order valence-electron chi connectivity index (χ0n) is 18.4. The average Bonchev–Trinajstić information content (AvgIpc) is 3.24. The first-order chi connectivity index (χ1) is 15.6. The molecule has 0 bridgehead atoms. The molecule has 1 heterocycles. The highest BCUT2D eigenvalue weighted by atomic mass is 16.5. The molecule has 4 rings (SSSR count). The molecule has 3 aromatic carbocycles. The van der Waals surface area contributed by atoms with Gasteiger partial charge >= 0.3 is 5.91 Å². The van der Waals surface area contributed by atoms with Gasteiger partial charge in [-0.1, -0.05) is 37.3 Å². The predicted molar refractivity (Wildman–Crippen MR) is 127 cm³/mol. The normalized spacial score (nSPS) is 12.3. The van der Waals surface area contributed by atoms with Crippen LogP contribution in [0.15, 0.2) is 70.2 Å². The Morgan fingerprint density at radius 3 is 2.75 bits per heavy atom. The summed E-state index contributed by atoms with van der Waals surface area (Å²) in [6.07, 6.45) is 2.57. The van der Waals surface area contributed by atoms with Crippen molar-refractivity contribution in [2.45, 2.75) is 33.3 Å². The Morgan fingerprint density at radius 2 is 1.94 bits per heavy atom. The number of amides is 1. The Balaban J connectivity index is 1.57. The molecule has 0 saturated heterocycles. The Morgan fingerprint density at radius 1 is 1.09 bits per heavy atom. The lowest BCUT2D eigenvalue weighted by atomic mass is 10.0. The van der Waals surface area contributed by atoms with E-state index < -0.39 is 5.91 Å². The van der Waals surface area contributed by atoms with Crippen LogP contribution < -0.4 is 14.9 Å². The first-order valence-corrected chi connectivity index (χ1v) is 10.8. The lowest BCUT2D eigenvalue weighted by molar-refractivity contribution is 0.0929. The maximum Gasteiger partial charge on any atom is 0.307 e. The Bertz CT molecular complexity index is 1280. The highest BCUT2D eigenvalue weighted by molar-refractivity contribution is 6.03. The van der Waals surface area contributed by atoms with Gasteiger partial charge in [-0.15, -0.1) is 0 Å². The molecule has 6 heteroatoms. The molecule has 0 unspecified atom stereocenters. The highest BCUT2D eigenvalue weighted by Gasteiger charge is 2.13. The maximum atomic E-state index is 12.6. The van der Waals surface area contributed by atoms with Crippen molar-refractivity contribution in [1.29, 1.82) is 0 Å². The van der Waals surface area contributed by atoms with Crippen LogP contribution in [0, 0.1) is 0 Å². The molecule has 0 aliphatic heterocycles. The number of furan rings is 1. The van der Waals surface area contributed by atoms with Gasteiger partial charge in [-0.2, -0.15) is 5.10 Å². The van der Waals surface area contributed by atoms with Crippen molar-refractivity contribution in [3.8, 4) is 11.5 Å². The molecule has 0 aliphatic rings. The van der Waals surface area contributed by atoms with E-state index in [0.717, 1.165) is 39.6 Å². The smallest absolute Gasteiger partial charge is 0.307 e. The summed E-state index contributed by atoms with van der Waals surface area (Å²) in [4.78, 5) is 12.6. The van der Waals surface area contributed by atoms with Crippen LogP contribution in [0.4, 0.5) is 0 Å². The average molecular weight is 431 g/mol. The van der Waals surface area contributed by atoms with E-state index in [2.05, 4.69) is 17.5 Å². The summed E-state index contributed by atoms with van der Waals surface area (Å²) < 4.78 is 17.2. The largest absolute Gasteiger partial charge is 0.494 e. The van der Waals surface area contributed by atoms with Gasteiger partial charge < -0.3 is 13.9 Å². The molecule has 0 fully saturated rings. The summed E-state index contributed by atoms with van der Waals surface area (Å²) in [5, 5.41) is 7.05. The first kappa shape index (κ1) is 21.4. The highest BCUT2D eigenvalue weighted by Crippen LogP contribution is 2.28. The van der Waals surface area contributed by atoms with Crippen LogP contribution in [0.2, 0.25) is 0 Å². The number of fused-ring (bicyclic) bond motifs is 2. The van der Waals surface area contributed by atoms with Gasteiger partial charge in [0.15, 0.2) is 5.76 Å². The third-order valence-electron chi connectivity index (χ3n) is 5.22. The molecule has 1 N–H and O–H groups in total. The molecule has 4 aromatic rings. The van der Waals surface area contributed by atoms with Gasteiger partial charge in [0.1, 0.15) is 17.1 Å². The fourth-order valence-corrected chi connectivity index (χ4v) is 3.41. The number of carbonyl (C=O) groups is 1. The van der Waals surface area contributed by atoms with E-state index in [4.69, 9.17) is 13.9 Å². The standard InChI is InChI=1S/C26H26N2O4/c1-4-17(3)31-24-12-10-18-8-6-7-9-21(18)22(24)16-27-28-26(29)25-15-19-14-20(30-5-2)11-13-23(19)32-25/h6-17H,4-5H2,1-3H3,(H,28,29)/b27-16+/t17-/m0/s1. The lowest BCUT2D eigenvalue weighted by Gasteiger charge is -2.16. The topological polar surface area (TPSA) is 73.1 Å². The Labute approximate surface area is 186 Å². The molecule has 0 spiro atoms. The molecular weight excluding hydrogens is 404 g/mol. The monoisotopic (exact) mass is 430 g/mol. The molecule has 1 amide bonds. The Hall–Kier alpha value is -3.80. The maximum absolute atomic E-state index is 12.6. The minimum atomic E-state index is -0.431. The second kappa shape index (κ2) is 9.56. The van der Waals surface area contributed by atoms with Crippen molar-refractivity contribution in [2.75, 3.05) is 6.61 Å². The number of hydrogen-bond acceptors (Lipinski definition) is 5. The quantitative estimate of drug-likeness (QED) is 0.278. The number of rotatable bonds is 8. The summed E-state index contributed by atoms with van der Waals surface area (Å²) in [6, 6.07) is 19.1. The number of nitrogens with zero attached hydrogens (tertiary/aromatic N) is 1. The molecule has 1 atom stereocenters. The van der Waals surface area contributed by atoms with Crippen LogP contribution in [-0.4, -0.2) is 24.8 Å². The molecule has 6 nitrogen and oxygen atoms in total. The first-order valence-electron chi connectivity index (χ1n) is 10.8. The van der Waals surface area contributed by atoms with Crippen LogP contribution in [0.25, 0.3) is 21.7 Å². The van der Waals surface area contributed by atoms with E-state index in [0.29, 0.717) is 12.2 Å². The number of hydrazone groups is 1. The van der Waals surface area contributed by atoms with Gasteiger partial charge in [-0.25, -0.2) is 5.43 Å². The van der Waals surface area contributed by atoms with Crippen LogP contribution in [0.3, 0.4) is 0 Å². The third kappa shape index (κ3) is 4.59. The second-order valence-corrected chi connectivity index (χ2v) is 7.48. The van der Waals surface area contributed by atoms with Gasteiger partial charge in [0.05, 0.1) is 18.9 Å². The van der Waals surface area contributed by atoms with Crippen LogP contribution >= 0.6 is 0 Å². The molecule has 0 saturated carbocycles. The molecule has 1 aromatic heterocycles. The van der Waals surface area contributed by atoms with Crippen molar-refractivity contribution in [3.63, 3.8) is 0 Å². The van der Waals surface area contributed by atoms with E-state index in [1.165, 1.54) is 0 Å². The van der Waals surface area contributed by atoms with Crippen molar-refractivity contribution >= 4 is 33.9 Å². The van der Waals surface area contributed by atoms with E-state index in [1.54, 1.807) is 18.3 Å². The van der Waals surface area contributed by atoms with Crippen molar-refractivity contribution < 1.29 is 18.7 Å². The van der Waals surface area contributed by atoms with E-state index in [-0.39, 0.29) is 11.9 Å². The summed E-state index contributed by atoms with van der Waals surface area (Å²) >= 11 is 0. The minimum Gasteiger partial charge on any atom is -0.494 e. The number of benzene rings is 3. The van der Waals surface area contributed by atoms with Gasteiger partial charge in [0.25, 0.3) is 0 Å². The zero-order chi connectivity index (χ0) is 22.5. The van der Waals surface area contributed by atoms with Crippen molar-refractivity contribution in [2.24, 2.45) is 5.10 Å². The van der Waals surface area contributed by atoms with Gasteiger partial charge in [-0.05, 0) is 61.4 Å². The third-order valence-corrected chi connectivity index (χ3v) is 5.22. The fourth-order valence-electron chi connectivity index (χ4n) is 3.41. The number of ether oxygens (including phenoxy) is 2. The second-order valence-electron chi connectivity index (χ2n) is 7.48. The minimum absolute atomic E-state index is 0.0648. The van der Waals surface area contributed by atoms with Crippen molar-refractivity contribution in [1.82, 2.24) is 5.43 Å². The predicted octanol–water partition coefficient (Wildman–Crippen LogP) is 5.93. The molecular formula is C26H26N2O4. The van der Waals surface area contributed by atoms with Crippen LogP contribution in [0.1, 0.15) is 43.3 Å². The SMILES string of the molecule is CCOc1ccc2oc(C(=O)N/N=C/c3c(O[C@@H](C)CC)ccc4ccccc34)cc2c1. The Kier molecular flexibility index (Phi) is 6.40.